The number of likely N-dealkylation sites (tertiary alicyclic amines) is 1. The van der Waals surface area contributed by atoms with Crippen LogP contribution in [0.15, 0.2) is 60.7 Å². The number of rotatable bonds is 8. The van der Waals surface area contributed by atoms with Crippen LogP contribution in [0.4, 0.5) is 0 Å². The zero-order valence-electron chi connectivity index (χ0n) is 15.8. The standard InChI is InChI=1S/C23H31NO2/c1-19-12-13-22(14-15-25)24(16-20-8-4-2-5-9-20)23(19)18-26-17-21-10-6-3-7-11-21/h2-11,19,22-23,25H,12-18H2,1H3/t19?,22-,23?/m0/s1. The number of hydrogen-bond donors (Lipinski definition) is 1. The van der Waals surface area contributed by atoms with E-state index in [0.29, 0.717) is 24.6 Å². The molecule has 1 N–H and O–H groups in total. The van der Waals surface area contributed by atoms with Gasteiger partial charge in [0.25, 0.3) is 0 Å². The number of aliphatic hydroxyl groups is 1. The van der Waals surface area contributed by atoms with E-state index in [-0.39, 0.29) is 6.61 Å². The van der Waals surface area contributed by atoms with E-state index < -0.39 is 0 Å². The lowest BCUT2D eigenvalue weighted by Gasteiger charge is -2.45. The number of hydrogen-bond acceptors (Lipinski definition) is 3. The van der Waals surface area contributed by atoms with Crippen molar-refractivity contribution in [2.24, 2.45) is 5.92 Å². The minimum atomic E-state index is 0.252. The van der Waals surface area contributed by atoms with Gasteiger partial charge in [0, 0.05) is 25.2 Å². The highest BCUT2D eigenvalue weighted by Crippen LogP contribution is 2.31. The molecule has 3 rings (SSSR count). The lowest BCUT2D eigenvalue weighted by molar-refractivity contribution is -0.0301. The molecule has 1 fully saturated rings. The SMILES string of the molecule is CC1CC[C@@H](CCO)N(Cc2ccccc2)C1COCc1ccccc1. The Morgan fingerprint density at radius 2 is 1.62 bits per heavy atom. The van der Waals surface area contributed by atoms with Gasteiger partial charge in [-0.2, -0.15) is 0 Å². The van der Waals surface area contributed by atoms with E-state index in [9.17, 15) is 5.11 Å². The fourth-order valence-electron chi connectivity index (χ4n) is 4.04. The van der Waals surface area contributed by atoms with Crippen molar-refractivity contribution in [3.05, 3.63) is 71.8 Å². The van der Waals surface area contributed by atoms with Gasteiger partial charge < -0.3 is 9.84 Å². The Morgan fingerprint density at radius 1 is 0.962 bits per heavy atom. The van der Waals surface area contributed by atoms with Crippen molar-refractivity contribution in [2.75, 3.05) is 13.2 Å². The van der Waals surface area contributed by atoms with E-state index in [1.54, 1.807) is 0 Å². The molecule has 140 valence electrons. The normalized spacial score (nSPS) is 23.8. The first-order valence-corrected chi connectivity index (χ1v) is 9.80. The first kappa shape index (κ1) is 19.1. The van der Waals surface area contributed by atoms with Crippen LogP contribution in [-0.4, -0.2) is 35.3 Å². The molecule has 0 saturated carbocycles. The fraction of sp³-hybridized carbons (Fsp3) is 0.478. The summed E-state index contributed by atoms with van der Waals surface area (Å²) in [7, 11) is 0. The smallest absolute Gasteiger partial charge is 0.0717 e. The summed E-state index contributed by atoms with van der Waals surface area (Å²) in [6, 6.07) is 21.8. The molecule has 2 aromatic carbocycles. The van der Waals surface area contributed by atoms with Crippen molar-refractivity contribution >= 4 is 0 Å². The Morgan fingerprint density at radius 3 is 2.27 bits per heavy atom. The molecule has 2 aromatic rings. The largest absolute Gasteiger partial charge is 0.396 e. The van der Waals surface area contributed by atoms with Crippen LogP contribution in [0.1, 0.15) is 37.3 Å². The summed E-state index contributed by atoms with van der Waals surface area (Å²) >= 11 is 0. The van der Waals surface area contributed by atoms with E-state index in [0.717, 1.165) is 26.0 Å². The van der Waals surface area contributed by atoms with E-state index >= 15 is 0 Å². The second kappa shape index (κ2) is 9.86. The number of ether oxygens (including phenoxy) is 1. The predicted molar refractivity (Wildman–Crippen MR) is 106 cm³/mol. The highest BCUT2D eigenvalue weighted by Gasteiger charge is 2.34. The minimum absolute atomic E-state index is 0.252. The maximum Gasteiger partial charge on any atom is 0.0717 e. The molecule has 0 radical (unpaired) electrons. The summed E-state index contributed by atoms with van der Waals surface area (Å²) in [4.78, 5) is 2.57. The Hall–Kier alpha value is -1.68. The van der Waals surface area contributed by atoms with Crippen LogP contribution in [0, 0.1) is 5.92 Å². The van der Waals surface area contributed by atoms with Crippen molar-refractivity contribution in [1.82, 2.24) is 4.90 Å². The Bertz CT molecular complexity index is 631. The molecule has 1 saturated heterocycles. The molecule has 3 nitrogen and oxygen atoms in total. The van der Waals surface area contributed by atoms with Crippen LogP contribution >= 0.6 is 0 Å². The van der Waals surface area contributed by atoms with E-state index in [2.05, 4.69) is 66.4 Å². The van der Waals surface area contributed by atoms with Crippen LogP contribution < -0.4 is 0 Å². The number of nitrogens with zero attached hydrogens (tertiary/aromatic N) is 1. The van der Waals surface area contributed by atoms with Gasteiger partial charge in [-0.3, -0.25) is 4.90 Å². The molecule has 0 aromatic heterocycles. The lowest BCUT2D eigenvalue weighted by Crippen LogP contribution is -2.52. The maximum absolute atomic E-state index is 9.52. The molecular formula is C23H31NO2. The molecule has 0 amide bonds. The molecule has 1 heterocycles. The van der Waals surface area contributed by atoms with Gasteiger partial charge in [-0.15, -0.1) is 0 Å². The second-order valence-corrected chi connectivity index (χ2v) is 7.45. The zero-order valence-corrected chi connectivity index (χ0v) is 15.8. The van der Waals surface area contributed by atoms with Crippen molar-refractivity contribution in [2.45, 2.75) is 51.4 Å². The molecular weight excluding hydrogens is 322 g/mol. The molecule has 2 unspecified atom stereocenters. The maximum atomic E-state index is 9.52. The summed E-state index contributed by atoms with van der Waals surface area (Å²) < 4.78 is 6.12. The van der Waals surface area contributed by atoms with E-state index in [1.165, 1.54) is 17.5 Å². The fourth-order valence-corrected chi connectivity index (χ4v) is 4.04. The molecule has 26 heavy (non-hydrogen) atoms. The van der Waals surface area contributed by atoms with Crippen LogP contribution in [-0.2, 0) is 17.9 Å². The highest BCUT2D eigenvalue weighted by atomic mass is 16.5. The third-order valence-electron chi connectivity index (χ3n) is 5.58. The van der Waals surface area contributed by atoms with Gasteiger partial charge in [0.2, 0.25) is 0 Å². The number of benzene rings is 2. The third-order valence-corrected chi connectivity index (χ3v) is 5.58. The van der Waals surface area contributed by atoms with E-state index in [4.69, 9.17) is 4.74 Å². The van der Waals surface area contributed by atoms with Gasteiger partial charge in [-0.25, -0.2) is 0 Å². The van der Waals surface area contributed by atoms with Gasteiger partial charge >= 0.3 is 0 Å². The Kier molecular flexibility index (Phi) is 7.24. The van der Waals surface area contributed by atoms with Crippen LogP contribution in [0.25, 0.3) is 0 Å². The Balaban J connectivity index is 1.67. The summed E-state index contributed by atoms with van der Waals surface area (Å²) in [5.41, 5.74) is 2.55. The van der Waals surface area contributed by atoms with Gasteiger partial charge in [-0.1, -0.05) is 67.6 Å². The summed E-state index contributed by atoms with van der Waals surface area (Å²) in [6.07, 6.45) is 3.20. The first-order valence-electron chi connectivity index (χ1n) is 9.80. The zero-order chi connectivity index (χ0) is 18.2. The van der Waals surface area contributed by atoms with Gasteiger partial charge in [0.05, 0.1) is 13.2 Å². The summed E-state index contributed by atoms with van der Waals surface area (Å²) in [6.45, 7) is 4.92. The molecule has 3 atom stereocenters. The van der Waals surface area contributed by atoms with Gasteiger partial charge in [0.1, 0.15) is 0 Å². The predicted octanol–water partition coefficient (Wildman–Crippen LogP) is 4.25. The minimum Gasteiger partial charge on any atom is -0.396 e. The van der Waals surface area contributed by atoms with Gasteiger partial charge in [-0.05, 0) is 36.3 Å². The molecule has 1 aliphatic rings. The van der Waals surface area contributed by atoms with Crippen molar-refractivity contribution in [3.63, 3.8) is 0 Å². The third kappa shape index (κ3) is 5.16. The quantitative estimate of drug-likeness (QED) is 0.770. The van der Waals surface area contributed by atoms with Crippen molar-refractivity contribution in [3.8, 4) is 0 Å². The molecule has 0 bridgehead atoms. The molecule has 0 spiro atoms. The second-order valence-electron chi connectivity index (χ2n) is 7.45. The van der Waals surface area contributed by atoms with Crippen molar-refractivity contribution in [1.29, 1.82) is 0 Å². The van der Waals surface area contributed by atoms with E-state index in [1.807, 2.05) is 6.07 Å². The average molecular weight is 354 g/mol. The topological polar surface area (TPSA) is 32.7 Å². The average Bonchev–Trinajstić information content (AvgIpc) is 2.68. The molecule has 3 heteroatoms. The van der Waals surface area contributed by atoms with Crippen LogP contribution in [0.2, 0.25) is 0 Å². The summed E-state index contributed by atoms with van der Waals surface area (Å²) in [5, 5.41) is 9.52. The first-order chi connectivity index (χ1) is 12.8. The number of piperidine rings is 1. The number of aliphatic hydroxyl groups excluding tert-OH is 1. The molecule has 0 aliphatic carbocycles. The lowest BCUT2D eigenvalue weighted by atomic mass is 9.85. The monoisotopic (exact) mass is 353 g/mol. The van der Waals surface area contributed by atoms with Crippen LogP contribution in [0.5, 0.6) is 0 Å². The molecule has 1 aliphatic heterocycles. The highest BCUT2D eigenvalue weighted by molar-refractivity contribution is 5.15. The summed E-state index contributed by atoms with van der Waals surface area (Å²) in [5.74, 6) is 0.601. The Labute approximate surface area is 157 Å². The van der Waals surface area contributed by atoms with Crippen LogP contribution in [0.3, 0.4) is 0 Å². The van der Waals surface area contributed by atoms with Crippen molar-refractivity contribution < 1.29 is 9.84 Å². The van der Waals surface area contributed by atoms with Gasteiger partial charge in [0.15, 0.2) is 0 Å².